The van der Waals surface area contributed by atoms with Gasteiger partial charge in [-0.1, -0.05) is 19.0 Å². The summed E-state index contributed by atoms with van der Waals surface area (Å²) in [7, 11) is 0. The molecule has 2 spiro atoms. The number of carbonyl (C=O) groups is 4. The Kier molecular flexibility index (Phi) is 10.9. The van der Waals surface area contributed by atoms with Crippen molar-refractivity contribution in [1.29, 1.82) is 0 Å². The van der Waals surface area contributed by atoms with Gasteiger partial charge in [-0.2, -0.15) is 0 Å². The van der Waals surface area contributed by atoms with Gasteiger partial charge in [0.25, 0.3) is 0 Å². The lowest BCUT2D eigenvalue weighted by atomic mass is 9.80. The molecule has 15 heteroatoms. The van der Waals surface area contributed by atoms with E-state index in [1.54, 1.807) is 0 Å². The van der Waals surface area contributed by atoms with E-state index < -0.39 is 35.7 Å². The fourth-order valence-corrected chi connectivity index (χ4v) is 7.27. The normalized spacial score (nSPS) is 29.6. The molecule has 0 aromatic carbocycles. The molecule has 45 heavy (non-hydrogen) atoms. The zero-order valence-corrected chi connectivity index (χ0v) is 26.2. The third-order valence-electron chi connectivity index (χ3n) is 10.00. The number of azide groups is 1. The highest BCUT2D eigenvalue weighted by Crippen LogP contribution is 2.41. The summed E-state index contributed by atoms with van der Waals surface area (Å²) >= 11 is 0. The molecule has 4 heterocycles. The van der Waals surface area contributed by atoms with Crippen LogP contribution in [0.4, 0.5) is 9.59 Å². The molecule has 0 N–H and O–H groups in total. The van der Waals surface area contributed by atoms with E-state index in [0.29, 0.717) is 77.5 Å². The van der Waals surface area contributed by atoms with Gasteiger partial charge in [0.1, 0.15) is 19.3 Å². The molecule has 0 aromatic rings. The zero-order chi connectivity index (χ0) is 32.0. The molecule has 0 radical (unpaired) electrons. The van der Waals surface area contributed by atoms with Crippen LogP contribution in [-0.4, -0.2) is 103 Å². The molecular weight excluding hydrogens is 590 g/mol. The van der Waals surface area contributed by atoms with Crippen LogP contribution in [0.1, 0.15) is 84.5 Å². The van der Waals surface area contributed by atoms with Crippen LogP contribution in [0, 0.1) is 11.8 Å². The predicted molar refractivity (Wildman–Crippen MR) is 155 cm³/mol. The highest BCUT2D eigenvalue weighted by molar-refractivity contribution is 5.96. The van der Waals surface area contributed by atoms with Crippen molar-refractivity contribution in [2.75, 3.05) is 39.6 Å². The van der Waals surface area contributed by atoms with Crippen LogP contribution in [-0.2, 0) is 38.0 Å². The molecule has 4 amide bonds. The number of amides is 4. The lowest BCUT2D eigenvalue weighted by Crippen LogP contribution is -2.48. The van der Waals surface area contributed by atoms with Gasteiger partial charge in [0.15, 0.2) is 11.6 Å². The first-order chi connectivity index (χ1) is 21.7. The van der Waals surface area contributed by atoms with Gasteiger partial charge in [-0.15, -0.1) is 0 Å². The van der Waals surface area contributed by atoms with E-state index in [-0.39, 0.29) is 30.5 Å². The maximum Gasteiger partial charge on any atom is 0.416 e. The monoisotopic (exact) mass is 635 g/mol. The molecule has 250 valence electrons. The first kappa shape index (κ1) is 33.4. The summed E-state index contributed by atoms with van der Waals surface area (Å²) in [5.41, 5.74) is 8.88. The van der Waals surface area contributed by atoms with Crippen molar-refractivity contribution in [2.45, 2.75) is 114 Å². The van der Waals surface area contributed by atoms with Crippen LogP contribution in [0.2, 0.25) is 0 Å². The SMILES string of the molecule is CC[C@H]1COC(=O)N1C(=O)CC1CCC2(CC1)OCCO2.CC[C@H]1COC(=O)N1C(=O)[C@@H](N=[N+]=[N-])C1CCC2(CC1)OCCO2. The van der Waals surface area contributed by atoms with Crippen molar-refractivity contribution in [3.8, 4) is 0 Å². The first-order valence-corrected chi connectivity index (χ1v) is 16.3. The maximum absolute atomic E-state index is 12.8. The summed E-state index contributed by atoms with van der Waals surface area (Å²) in [6.07, 6.45) is 6.74. The van der Waals surface area contributed by atoms with Crippen LogP contribution < -0.4 is 0 Å². The number of cyclic esters (lactones) is 2. The molecule has 2 aliphatic carbocycles. The molecule has 6 rings (SSSR count). The number of nitrogens with zero attached hydrogens (tertiary/aromatic N) is 5. The second-order valence-electron chi connectivity index (χ2n) is 12.6. The summed E-state index contributed by atoms with van der Waals surface area (Å²) in [5.74, 6) is -1.31. The van der Waals surface area contributed by atoms with E-state index >= 15 is 0 Å². The number of ether oxygens (including phenoxy) is 6. The van der Waals surface area contributed by atoms with Crippen molar-refractivity contribution in [3.05, 3.63) is 10.4 Å². The summed E-state index contributed by atoms with van der Waals surface area (Å²) < 4.78 is 32.7. The Balaban J connectivity index is 0.000000179. The number of hydrogen-bond donors (Lipinski definition) is 0. The fourth-order valence-electron chi connectivity index (χ4n) is 7.27. The van der Waals surface area contributed by atoms with E-state index in [2.05, 4.69) is 10.0 Å². The molecule has 2 saturated carbocycles. The minimum absolute atomic E-state index is 0.0959. The van der Waals surface area contributed by atoms with E-state index in [1.807, 2.05) is 13.8 Å². The van der Waals surface area contributed by atoms with Crippen LogP contribution in [0.15, 0.2) is 5.11 Å². The number of rotatable bonds is 7. The summed E-state index contributed by atoms with van der Waals surface area (Å²) in [6.45, 7) is 6.88. The van der Waals surface area contributed by atoms with E-state index in [4.69, 9.17) is 34.0 Å². The topological polar surface area (TPSA) is 179 Å². The minimum atomic E-state index is -0.895. The average molecular weight is 636 g/mol. The summed E-state index contributed by atoms with van der Waals surface area (Å²) in [6, 6.07) is -1.28. The number of hydrogen-bond acceptors (Lipinski definition) is 11. The van der Waals surface area contributed by atoms with Crippen molar-refractivity contribution in [3.63, 3.8) is 0 Å². The standard InChI is InChI=1S/C15H22N4O5.C15H23NO5/c1-2-11-9-22-14(21)19(11)13(20)12(17-18-16)10-3-5-15(6-4-10)23-7-8-24-15;1-2-12-10-19-14(18)16(12)13(17)9-11-3-5-15(6-4-11)20-7-8-21-15/h10-12H,2-9H2,1H3;11-12H,2-10H2,1H3/t11-,12-;12-/m00/s1. The maximum atomic E-state index is 12.8. The van der Waals surface area contributed by atoms with Gasteiger partial charge in [-0.25, -0.2) is 19.4 Å². The third kappa shape index (κ3) is 7.38. The quantitative estimate of drug-likeness (QED) is 0.221. The van der Waals surface area contributed by atoms with Gasteiger partial charge in [-0.05, 0) is 55.9 Å². The molecule has 6 aliphatic rings. The molecule has 0 bridgehead atoms. The molecule has 4 saturated heterocycles. The van der Waals surface area contributed by atoms with Crippen LogP contribution in [0.5, 0.6) is 0 Å². The lowest BCUT2D eigenvalue weighted by molar-refractivity contribution is -0.184. The van der Waals surface area contributed by atoms with E-state index in [1.165, 1.54) is 4.90 Å². The van der Waals surface area contributed by atoms with Crippen LogP contribution >= 0.6 is 0 Å². The van der Waals surface area contributed by atoms with Gasteiger partial charge in [0.2, 0.25) is 11.8 Å². The number of carbonyl (C=O) groups excluding carboxylic acids is 4. The largest absolute Gasteiger partial charge is 0.447 e. The molecule has 3 atom stereocenters. The van der Waals surface area contributed by atoms with E-state index in [9.17, 15) is 19.2 Å². The molecule has 0 aromatic heterocycles. The predicted octanol–water partition coefficient (Wildman–Crippen LogP) is 4.42. The molecule has 6 fully saturated rings. The fraction of sp³-hybridized carbons (Fsp3) is 0.867. The van der Waals surface area contributed by atoms with Crippen molar-refractivity contribution in [2.24, 2.45) is 17.0 Å². The number of imide groups is 2. The Morgan fingerprint density at radius 3 is 1.78 bits per heavy atom. The highest BCUT2D eigenvalue weighted by atomic mass is 16.7. The Morgan fingerprint density at radius 2 is 1.29 bits per heavy atom. The van der Waals surface area contributed by atoms with Gasteiger partial charge in [-0.3, -0.25) is 9.59 Å². The molecule has 15 nitrogen and oxygen atoms in total. The molecule has 4 aliphatic heterocycles. The van der Waals surface area contributed by atoms with Crippen molar-refractivity contribution in [1.82, 2.24) is 9.80 Å². The Hall–Kier alpha value is -2.97. The molecular formula is C30H45N5O10. The smallest absolute Gasteiger partial charge is 0.416 e. The third-order valence-corrected chi connectivity index (χ3v) is 10.00. The van der Waals surface area contributed by atoms with Gasteiger partial charge < -0.3 is 28.4 Å². The lowest BCUT2D eigenvalue weighted by Gasteiger charge is -2.37. The Bertz CT molecular complexity index is 1130. The summed E-state index contributed by atoms with van der Waals surface area (Å²) in [4.78, 5) is 54.0. The Morgan fingerprint density at radius 1 is 0.822 bits per heavy atom. The first-order valence-electron chi connectivity index (χ1n) is 16.3. The minimum Gasteiger partial charge on any atom is -0.447 e. The van der Waals surface area contributed by atoms with Gasteiger partial charge in [0.05, 0.1) is 38.5 Å². The van der Waals surface area contributed by atoms with E-state index in [0.717, 1.165) is 37.0 Å². The molecule has 0 unspecified atom stereocenters. The zero-order valence-electron chi connectivity index (χ0n) is 26.2. The second kappa shape index (κ2) is 14.6. The van der Waals surface area contributed by atoms with Crippen LogP contribution in [0.25, 0.3) is 10.4 Å². The van der Waals surface area contributed by atoms with Crippen LogP contribution in [0.3, 0.4) is 0 Å². The Labute approximate surface area is 262 Å². The summed E-state index contributed by atoms with van der Waals surface area (Å²) in [5, 5.41) is 3.71. The average Bonchev–Trinajstić information content (AvgIpc) is 3.86. The van der Waals surface area contributed by atoms with Gasteiger partial charge in [0, 0.05) is 37.0 Å². The van der Waals surface area contributed by atoms with Crippen molar-refractivity contribution < 1.29 is 47.6 Å². The van der Waals surface area contributed by atoms with Gasteiger partial charge >= 0.3 is 12.2 Å². The van der Waals surface area contributed by atoms with Crippen molar-refractivity contribution >= 4 is 24.0 Å². The second-order valence-corrected chi connectivity index (χ2v) is 12.6. The highest BCUT2D eigenvalue weighted by Gasteiger charge is 2.47.